The van der Waals surface area contributed by atoms with Crippen LogP contribution in [0.15, 0.2) is 59.1 Å². The Balaban J connectivity index is 1.28. The first-order valence-corrected chi connectivity index (χ1v) is 12.1. The topological polar surface area (TPSA) is 74.3 Å². The van der Waals surface area contributed by atoms with Gasteiger partial charge < -0.3 is 0 Å². The Bertz CT molecular complexity index is 1240. The molecular formula is C21H18FN7S2. The molecule has 0 radical (unpaired) electrons. The van der Waals surface area contributed by atoms with E-state index in [-0.39, 0.29) is 11.9 Å². The summed E-state index contributed by atoms with van der Waals surface area (Å²) in [7, 11) is 0. The summed E-state index contributed by atoms with van der Waals surface area (Å²) >= 11 is 3.39. The van der Waals surface area contributed by atoms with Gasteiger partial charge in [0.05, 0.1) is 11.6 Å². The molecule has 1 saturated carbocycles. The van der Waals surface area contributed by atoms with Crippen molar-refractivity contribution in [3.8, 4) is 22.8 Å². The summed E-state index contributed by atoms with van der Waals surface area (Å²) in [5, 5.41) is 19.3. The van der Waals surface area contributed by atoms with Crippen molar-refractivity contribution in [2.24, 2.45) is 0 Å². The molecule has 2 aliphatic rings. The van der Waals surface area contributed by atoms with Crippen molar-refractivity contribution in [3.05, 3.63) is 54.6 Å². The van der Waals surface area contributed by atoms with Gasteiger partial charge in [0.1, 0.15) is 5.82 Å². The van der Waals surface area contributed by atoms with E-state index in [0.29, 0.717) is 17.4 Å². The maximum absolute atomic E-state index is 14.4. The molecule has 3 aromatic heterocycles. The maximum Gasteiger partial charge on any atom is 0.191 e. The lowest BCUT2D eigenvalue weighted by molar-refractivity contribution is 0.594. The van der Waals surface area contributed by atoms with Gasteiger partial charge in [-0.2, -0.15) is 0 Å². The number of nitrogens with zero attached hydrogens (tertiary/aromatic N) is 7. The zero-order valence-corrected chi connectivity index (χ0v) is 18.1. The molecule has 0 bridgehead atoms. The van der Waals surface area contributed by atoms with Gasteiger partial charge in [0, 0.05) is 35.5 Å². The zero-order valence-electron chi connectivity index (χ0n) is 16.4. The minimum Gasteiger partial charge on any atom is -0.299 e. The SMILES string of the molecule is Fc1ccccc1-c1nnc(SCC2CSc3nnc(-c4ccncc4)n32)n1C1CC1. The number of rotatable bonds is 6. The minimum atomic E-state index is -0.267. The van der Waals surface area contributed by atoms with Crippen LogP contribution in [0.1, 0.15) is 24.9 Å². The summed E-state index contributed by atoms with van der Waals surface area (Å²) in [6.45, 7) is 0. The van der Waals surface area contributed by atoms with Gasteiger partial charge in [0.15, 0.2) is 22.0 Å². The molecule has 1 fully saturated rings. The standard InChI is InChI=1S/C21H18FN7S2/c22-17-4-2-1-3-16(17)19-25-27-20(28(19)14-5-6-14)30-11-15-12-31-21-26-24-18(29(15)21)13-7-9-23-10-8-13/h1-4,7-10,14-15H,5-6,11-12H2. The average molecular weight is 452 g/mol. The van der Waals surface area contributed by atoms with E-state index in [1.54, 1.807) is 48.1 Å². The van der Waals surface area contributed by atoms with Crippen LogP contribution in [-0.4, -0.2) is 46.0 Å². The minimum absolute atomic E-state index is 0.240. The molecule has 10 heteroatoms. The van der Waals surface area contributed by atoms with Crippen molar-refractivity contribution in [2.75, 3.05) is 11.5 Å². The third kappa shape index (κ3) is 3.43. The molecule has 7 nitrogen and oxygen atoms in total. The van der Waals surface area contributed by atoms with Crippen LogP contribution >= 0.6 is 23.5 Å². The van der Waals surface area contributed by atoms with Crippen LogP contribution in [0.4, 0.5) is 4.39 Å². The summed E-state index contributed by atoms with van der Waals surface area (Å²) in [4.78, 5) is 4.10. The van der Waals surface area contributed by atoms with E-state index in [9.17, 15) is 4.39 Å². The van der Waals surface area contributed by atoms with Crippen molar-refractivity contribution in [2.45, 2.75) is 35.2 Å². The molecule has 0 amide bonds. The predicted octanol–water partition coefficient (Wildman–Crippen LogP) is 4.51. The fourth-order valence-electron chi connectivity index (χ4n) is 3.80. The number of halogens is 1. The molecule has 4 aromatic rings. The van der Waals surface area contributed by atoms with Crippen LogP contribution in [0.5, 0.6) is 0 Å². The smallest absolute Gasteiger partial charge is 0.191 e. The van der Waals surface area contributed by atoms with Crippen molar-refractivity contribution < 1.29 is 4.39 Å². The molecular weight excluding hydrogens is 433 g/mol. The van der Waals surface area contributed by atoms with Gasteiger partial charge in [-0.05, 0) is 37.1 Å². The maximum atomic E-state index is 14.4. The lowest BCUT2D eigenvalue weighted by atomic mass is 10.2. The van der Waals surface area contributed by atoms with Crippen LogP contribution in [0.2, 0.25) is 0 Å². The molecule has 1 aromatic carbocycles. The highest BCUT2D eigenvalue weighted by atomic mass is 32.2. The van der Waals surface area contributed by atoms with Crippen LogP contribution < -0.4 is 0 Å². The van der Waals surface area contributed by atoms with Gasteiger partial charge in [-0.15, -0.1) is 20.4 Å². The number of hydrogen-bond donors (Lipinski definition) is 0. The molecule has 4 heterocycles. The van der Waals surface area contributed by atoms with Crippen LogP contribution in [0.3, 0.4) is 0 Å². The first-order chi connectivity index (χ1) is 15.3. The van der Waals surface area contributed by atoms with Crippen LogP contribution in [-0.2, 0) is 0 Å². The van der Waals surface area contributed by atoms with E-state index in [1.165, 1.54) is 6.07 Å². The molecule has 6 rings (SSSR count). The lowest BCUT2D eigenvalue weighted by Gasteiger charge is -2.15. The van der Waals surface area contributed by atoms with E-state index in [0.717, 1.165) is 46.0 Å². The molecule has 0 spiro atoms. The number of aromatic nitrogens is 7. The molecule has 31 heavy (non-hydrogen) atoms. The molecule has 1 aliphatic heterocycles. The highest BCUT2D eigenvalue weighted by Gasteiger charge is 2.33. The Morgan fingerprint density at radius 1 is 0.968 bits per heavy atom. The molecule has 156 valence electrons. The highest BCUT2D eigenvalue weighted by Crippen LogP contribution is 2.43. The molecule has 1 unspecified atom stereocenters. The lowest BCUT2D eigenvalue weighted by Crippen LogP contribution is -2.12. The molecule has 1 atom stereocenters. The Hall–Kier alpha value is -2.72. The summed E-state index contributed by atoms with van der Waals surface area (Å²) in [5.41, 5.74) is 1.51. The van der Waals surface area contributed by atoms with Crippen molar-refractivity contribution in [1.82, 2.24) is 34.5 Å². The second kappa shape index (κ2) is 7.76. The Morgan fingerprint density at radius 2 is 1.77 bits per heavy atom. The van der Waals surface area contributed by atoms with E-state index in [2.05, 4.69) is 34.5 Å². The first-order valence-electron chi connectivity index (χ1n) is 10.1. The van der Waals surface area contributed by atoms with Gasteiger partial charge in [0.2, 0.25) is 0 Å². The Labute approximate surface area is 186 Å². The predicted molar refractivity (Wildman–Crippen MR) is 117 cm³/mol. The summed E-state index contributed by atoms with van der Waals surface area (Å²) in [6, 6.07) is 11.3. The Kier molecular flexibility index (Phi) is 4.76. The highest BCUT2D eigenvalue weighted by molar-refractivity contribution is 8.00. The van der Waals surface area contributed by atoms with Crippen molar-refractivity contribution >= 4 is 23.5 Å². The summed E-state index contributed by atoms with van der Waals surface area (Å²) < 4.78 is 18.7. The number of pyridine rings is 1. The van der Waals surface area contributed by atoms with E-state index < -0.39 is 0 Å². The zero-order chi connectivity index (χ0) is 20.8. The fourth-order valence-corrected chi connectivity index (χ4v) is 6.12. The number of thioether (sulfide) groups is 2. The second-order valence-corrected chi connectivity index (χ2v) is 9.55. The van der Waals surface area contributed by atoms with Crippen molar-refractivity contribution in [1.29, 1.82) is 0 Å². The Morgan fingerprint density at radius 3 is 2.58 bits per heavy atom. The van der Waals surface area contributed by atoms with E-state index in [1.807, 2.05) is 18.2 Å². The normalized spacial score (nSPS) is 17.8. The molecule has 1 aliphatic carbocycles. The van der Waals surface area contributed by atoms with Crippen LogP contribution in [0, 0.1) is 5.82 Å². The second-order valence-electron chi connectivity index (χ2n) is 7.58. The van der Waals surface area contributed by atoms with E-state index in [4.69, 9.17) is 0 Å². The molecule has 0 N–H and O–H groups in total. The average Bonchev–Trinajstić information content (AvgIpc) is 3.23. The summed E-state index contributed by atoms with van der Waals surface area (Å²) in [6.07, 6.45) is 5.69. The van der Waals surface area contributed by atoms with Gasteiger partial charge in [-0.1, -0.05) is 35.7 Å². The fraction of sp³-hybridized carbons (Fsp3) is 0.286. The first kappa shape index (κ1) is 19.0. The largest absolute Gasteiger partial charge is 0.299 e. The quantitative estimate of drug-likeness (QED) is 0.399. The van der Waals surface area contributed by atoms with Gasteiger partial charge in [-0.3, -0.25) is 14.1 Å². The number of fused-ring (bicyclic) bond motifs is 1. The van der Waals surface area contributed by atoms with E-state index >= 15 is 0 Å². The monoisotopic (exact) mass is 451 g/mol. The third-order valence-electron chi connectivity index (χ3n) is 5.47. The van der Waals surface area contributed by atoms with Crippen molar-refractivity contribution in [3.63, 3.8) is 0 Å². The number of benzene rings is 1. The van der Waals surface area contributed by atoms with Gasteiger partial charge >= 0.3 is 0 Å². The summed E-state index contributed by atoms with van der Waals surface area (Å²) in [5.74, 6) is 2.97. The van der Waals surface area contributed by atoms with Crippen LogP contribution in [0.25, 0.3) is 22.8 Å². The molecule has 0 saturated heterocycles. The number of hydrogen-bond acceptors (Lipinski definition) is 7. The third-order valence-corrected chi connectivity index (χ3v) is 7.65. The van der Waals surface area contributed by atoms with Gasteiger partial charge in [-0.25, -0.2) is 4.39 Å². The van der Waals surface area contributed by atoms with Gasteiger partial charge in [0.25, 0.3) is 0 Å².